The molecule has 1 N–H and O–H groups in total. The fraction of sp³-hybridized carbons (Fsp3) is 0.875. The number of carbonyl (C=O) groups is 1. The second kappa shape index (κ2) is 12.1. The van der Waals surface area contributed by atoms with Crippen molar-refractivity contribution in [3.8, 4) is 0 Å². The monoisotopic (exact) mass is 240 g/mol. The van der Waals surface area contributed by atoms with E-state index >= 15 is 0 Å². The molecule has 0 aromatic rings. The molecule has 0 saturated carbocycles. The lowest BCUT2D eigenvalue weighted by Gasteiger charge is -2.00. The first-order valence-electron chi connectivity index (χ1n) is 4.96. The molecule has 0 bridgehead atoms. The van der Waals surface area contributed by atoms with Gasteiger partial charge in [0.1, 0.15) is 0 Å². The van der Waals surface area contributed by atoms with Crippen LogP contribution in [0.4, 0.5) is 4.79 Å². The second-order valence-corrected chi connectivity index (χ2v) is 2.86. The molecule has 0 aliphatic carbocycles. The molecule has 96 valence electrons. The molecule has 8 nitrogen and oxygen atoms in total. The number of hydrogen-bond donors (Lipinski definition) is 1. The Balaban J connectivity index is 2.90. The first-order valence-corrected chi connectivity index (χ1v) is 4.96. The standard InChI is InChI=1S/C8H16O8/c1-2-3-4-5-6-7-11-13-15-16-14-12-8(9)10/h2-7H2,1H3,(H,9,10). The van der Waals surface area contributed by atoms with Gasteiger partial charge in [0.2, 0.25) is 0 Å². The van der Waals surface area contributed by atoms with Gasteiger partial charge in [-0.1, -0.05) is 32.6 Å². The third kappa shape index (κ3) is 13.1. The van der Waals surface area contributed by atoms with Crippen molar-refractivity contribution in [2.75, 3.05) is 6.61 Å². The minimum absolute atomic E-state index is 0.340. The van der Waals surface area contributed by atoms with Crippen molar-refractivity contribution >= 4 is 6.16 Å². The van der Waals surface area contributed by atoms with Gasteiger partial charge in [0.05, 0.1) is 6.61 Å². The third-order valence-electron chi connectivity index (χ3n) is 1.57. The van der Waals surface area contributed by atoms with Crippen LogP contribution in [0.15, 0.2) is 0 Å². The highest BCUT2D eigenvalue weighted by molar-refractivity contribution is 5.55. The van der Waals surface area contributed by atoms with Gasteiger partial charge in [0.15, 0.2) is 0 Å². The quantitative estimate of drug-likeness (QED) is 0.334. The van der Waals surface area contributed by atoms with Crippen LogP contribution in [0.1, 0.15) is 39.0 Å². The molecule has 16 heavy (non-hydrogen) atoms. The topological polar surface area (TPSA) is 92.7 Å². The fourth-order valence-electron chi connectivity index (χ4n) is 0.884. The van der Waals surface area contributed by atoms with E-state index in [0.29, 0.717) is 6.61 Å². The normalized spacial score (nSPS) is 10.3. The summed E-state index contributed by atoms with van der Waals surface area (Å²) in [5.41, 5.74) is 0. The van der Waals surface area contributed by atoms with Crippen molar-refractivity contribution < 1.29 is 39.8 Å². The number of carboxylic acid groups (broad SMARTS) is 1. The fourth-order valence-corrected chi connectivity index (χ4v) is 0.884. The largest absolute Gasteiger partial charge is 0.540 e. The van der Waals surface area contributed by atoms with Gasteiger partial charge >= 0.3 is 6.16 Å². The summed E-state index contributed by atoms with van der Waals surface area (Å²) in [4.78, 5) is 17.6. The van der Waals surface area contributed by atoms with Crippen LogP contribution >= 0.6 is 0 Å². The van der Waals surface area contributed by atoms with Crippen molar-refractivity contribution in [3.05, 3.63) is 0 Å². The van der Waals surface area contributed by atoms with Gasteiger partial charge in [-0.05, 0) is 16.5 Å². The maximum absolute atomic E-state index is 9.70. The Morgan fingerprint density at radius 3 is 2.38 bits per heavy atom. The maximum atomic E-state index is 9.70. The lowest BCUT2D eigenvalue weighted by atomic mass is 10.2. The molecule has 0 spiro atoms. The summed E-state index contributed by atoms with van der Waals surface area (Å²) in [6.45, 7) is 2.47. The van der Waals surface area contributed by atoms with Crippen LogP contribution in [0.3, 0.4) is 0 Å². The summed E-state index contributed by atoms with van der Waals surface area (Å²) in [5, 5.41) is 22.9. The van der Waals surface area contributed by atoms with Crippen LogP contribution in [0, 0.1) is 0 Å². The molecule has 0 atom stereocenters. The lowest BCUT2D eigenvalue weighted by Crippen LogP contribution is -2.05. The molecule has 0 rings (SSSR count). The van der Waals surface area contributed by atoms with Crippen LogP contribution in [0.2, 0.25) is 0 Å². The molecular weight excluding hydrogens is 224 g/mol. The van der Waals surface area contributed by atoms with E-state index in [1.54, 1.807) is 0 Å². The van der Waals surface area contributed by atoms with Crippen molar-refractivity contribution in [2.24, 2.45) is 0 Å². The highest BCUT2D eigenvalue weighted by Crippen LogP contribution is 2.02. The minimum atomic E-state index is -1.68. The molecule has 0 aromatic heterocycles. The Kier molecular flexibility index (Phi) is 11.4. The third-order valence-corrected chi connectivity index (χ3v) is 1.57. The van der Waals surface area contributed by atoms with E-state index in [1.807, 2.05) is 0 Å². The molecule has 8 heteroatoms. The molecule has 0 aliphatic rings. The molecule has 0 aliphatic heterocycles. The average Bonchev–Trinajstić information content (AvgIpc) is 2.25. The highest BCUT2D eigenvalue weighted by Gasteiger charge is 1.99. The van der Waals surface area contributed by atoms with Crippen LogP contribution in [0.25, 0.3) is 0 Å². The predicted molar refractivity (Wildman–Crippen MR) is 48.2 cm³/mol. The summed E-state index contributed by atoms with van der Waals surface area (Å²) in [6.07, 6.45) is 3.70. The number of hydrogen-bond acceptors (Lipinski definition) is 7. The van der Waals surface area contributed by atoms with Gasteiger partial charge in [-0.2, -0.15) is 0 Å². The summed E-state index contributed by atoms with van der Waals surface area (Å²) in [7, 11) is 0. The first-order chi connectivity index (χ1) is 7.77. The average molecular weight is 240 g/mol. The zero-order valence-corrected chi connectivity index (χ0v) is 9.05. The molecule has 0 fully saturated rings. The van der Waals surface area contributed by atoms with Gasteiger partial charge in [-0.25, -0.2) is 14.6 Å². The van der Waals surface area contributed by atoms with E-state index in [9.17, 15) is 4.79 Å². The van der Waals surface area contributed by atoms with E-state index in [2.05, 4.69) is 36.9 Å². The number of rotatable bonds is 11. The van der Waals surface area contributed by atoms with Gasteiger partial charge in [-0.3, -0.25) is 0 Å². The zero-order chi connectivity index (χ0) is 12.1. The first kappa shape index (κ1) is 15.1. The molecular formula is C8H16O8. The van der Waals surface area contributed by atoms with Crippen molar-refractivity contribution in [3.63, 3.8) is 0 Å². The Bertz CT molecular complexity index is 162. The summed E-state index contributed by atoms with van der Waals surface area (Å²) in [6, 6.07) is 0. The Morgan fingerprint density at radius 1 is 1.00 bits per heavy atom. The van der Waals surface area contributed by atoms with Crippen LogP contribution in [-0.2, 0) is 29.9 Å². The SMILES string of the molecule is CCCCCCCOOOOOOC(=O)O. The highest BCUT2D eigenvalue weighted by atomic mass is 17.8. The molecule has 0 unspecified atom stereocenters. The summed E-state index contributed by atoms with van der Waals surface area (Å²) >= 11 is 0. The molecule has 0 aromatic carbocycles. The van der Waals surface area contributed by atoms with Crippen molar-refractivity contribution in [1.29, 1.82) is 0 Å². The molecule has 0 amide bonds. The summed E-state index contributed by atoms with van der Waals surface area (Å²) < 4.78 is 0. The van der Waals surface area contributed by atoms with E-state index in [-0.39, 0.29) is 0 Å². The Hall–Kier alpha value is -0.930. The van der Waals surface area contributed by atoms with Crippen LogP contribution < -0.4 is 0 Å². The molecule has 0 radical (unpaired) electrons. The van der Waals surface area contributed by atoms with Gasteiger partial charge in [0, 0.05) is 10.1 Å². The van der Waals surface area contributed by atoms with Crippen LogP contribution in [0.5, 0.6) is 0 Å². The Labute approximate surface area is 92.6 Å². The van der Waals surface area contributed by atoms with Gasteiger partial charge in [-0.15, -0.1) is 0 Å². The van der Waals surface area contributed by atoms with Crippen LogP contribution in [-0.4, -0.2) is 17.9 Å². The zero-order valence-electron chi connectivity index (χ0n) is 9.05. The van der Waals surface area contributed by atoms with Gasteiger partial charge in [0.25, 0.3) is 0 Å². The number of unbranched alkanes of at least 4 members (excludes halogenated alkanes) is 4. The summed E-state index contributed by atoms with van der Waals surface area (Å²) in [5.74, 6) is 0. The predicted octanol–water partition coefficient (Wildman–Crippen LogP) is 2.31. The molecule has 0 heterocycles. The minimum Gasteiger partial charge on any atom is -0.448 e. The second-order valence-electron chi connectivity index (χ2n) is 2.86. The van der Waals surface area contributed by atoms with E-state index in [4.69, 9.17) is 5.11 Å². The van der Waals surface area contributed by atoms with Gasteiger partial charge < -0.3 is 5.11 Å². The maximum Gasteiger partial charge on any atom is 0.540 e. The van der Waals surface area contributed by atoms with Crippen molar-refractivity contribution in [2.45, 2.75) is 39.0 Å². The smallest absolute Gasteiger partial charge is 0.448 e. The Morgan fingerprint density at radius 2 is 1.69 bits per heavy atom. The van der Waals surface area contributed by atoms with Crippen molar-refractivity contribution in [1.82, 2.24) is 0 Å². The van der Waals surface area contributed by atoms with E-state index in [0.717, 1.165) is 19.3 Å². The lowest BCUT2D eigenvalue weighted by molar-refractivity contribution is -0.749. The van der Waals surface area contributed by atoms with E-state index in [1.165, 1.54) is 12.8 Å². The van der Waals surface area contributed by atoms with E-state index < -0.39 is 6.16 Å². The molecule has 0 saturated heterocycles.